The van der Waals surface area contributed by atoms with Gasteiger partial charge in [0.05, 0.1) is 6.54 Å². The van der Waals surface area contributed by atoms with Crippen LogP contribution in [0.5, 0.6) is 0 Å². The summed E-state index contributed by atoms with van der Waals surface area (Å²) in [6.45, 7) is 6.96. The number of amides is 1. The molecule has 2 aliphatic rings. The maximum atomic E-state index is 12.0. The predicted octanol–water partition coefficient (Wildman–Crippen LogP) is 1.14. The van der Waals surface area contributed by atoms with Gasteiger partial charge in [0, 0.05) is 63.8 Å². The molecule has 2 aliphatic heterocycles. The number of hydrogen-bond acceptors (Lipinski definition) is 7. The van der Waals surface area contributed by atoms with Gasteiger partial charge in [0.15, 0.2) is 0 Å². The molecule has 0 aromatic carbocycles. The normalized spacial score (nSPS) is 19.3. The van der Waals surface area contributed by atoms with Crippen molar-refractivity contribution >= 4 is 28.9 Å². The highest BCUT2D eigenvalue weighted by atomic mass is 32.1. The van der Waals surface area contributed by atoms with E-state index in [0.29, 0.717) is 6.54 Å². The first kappa shape index (κ1) is 17.2. The molecule has 138 valence electrons. The Kier molecular flexibility index (Phi) is 5.03. The molecule has 0 saturated carbocycles. The minimum atomic E-state index is 0.138. The molecule has 2 fully saturated rings. The maximum absolute atomic E-state index is 12.0. The Bertz CT molecular complexity index is 744. The molecule has 0 spiro atoms. The van der Waals surface area contributed by atoms with Gasteiger partial charge >= 0.3 is 0 Å². The minimum Gasteiger partial charge on any atom is -0.354 e. The second-order valence-electron chi connectivity index (χ2n) is 6.81. The van der Waals surface area contributed by atoms with E-state index in [2.05, 4.69) is 37.3 Å². The lowest BCUT2D eigenvalue weighted by atomic mass is 10.3. The molecule has 7 nitrogen and oxygen atoms in total. The van der Waals surface area contributed by atoms with Crippen LogP contribution in [0.2, 0.25) is 0 Å². The number of carbonyl (C=O) groups is 1. The van der Waals surface area contributed by atoms with E-state index in [1.165, 1.54) is 4.88 Å². The van der Waals surface area contributed by atoms with Crippen molar-refractivity contribution in [2.45, 2.75) is 6.54 Å². The van der Waals surface area contributed by atoms with E-state index in [1.807, 2.05) is 29.4 Å². The van der Waals surface area contributed by atoms with Gasteiger partial charge in [-0.2, -0.15) is 0 Å². The lowest BCUT2D eigenvalue weighted by molar-refractivity contribution is -0.129. The van der Waals surface area contributed by atoms with E-state index in [0.717, 1.165) is 57.4 Å². The average molecular weight is 372 g/mol. The van der Waals surface area contributed by atoms with E-state index in [1.54, 1.807) is 11.2 Å². The Morgan fingerprint density at radius 2 is 1.77 bits per heavy atom. The van der Waals surface area contributed by atoms with E-state index in [9.17, 15) is 4.79 Å². The van der Waals surface area contributed by atoms with Crippen LogP contribution in [0.15, 0.2) is 29.9 Å². The van der Waals surface area contributed by atoms with E-state index in [-0.39, 0.29) is 5.91 Å². The Balaban J connectivity index is 1.37. The molecule has 0 atom stereocenters. The van der Waals surface area contributed by atoms with E-state index < -0.39 is 0 Å². The number of piperazine rings is 2. The number of aromatic nitrogens is 2. The van der Waals surface area contributed by atoms with Gasteiger partial charge in [-0.3, -0.25) is 9.69 Å². The smallest absolute Gasteiger partial charge is 0.241 e. The van der Waals surface area contributed by atoms with Crippen LogP contribution in [-0.4, -0.2) is 78.5 Å². The van der Waals surface area contributed by atoms with Crippen LogP contribution in [-0.2, 0) is 11.3 Å². The molecule has 1 amide bonds. The number of anilines is 2. The van der Waals surface area contributed by atoms with Gasteiger partial charge in [-0.15, -0.1) is 11.3 Å². The minimum absolute atomic E-state index is 0.138. The molecular formula is C18H24N6OS. The van der Waals surface area contributed by atoms with Crippen molar-refractivity contribution in [1.29, 1.82) is 0 Å². The van der Waals surface area contributed by atoms with Crippen molar-refractivity contribution in [3.63, 3.8) is 0 Å². The lowest BCUT2D eigenvalue weighted by Gasteiger charge is -2.36. The van der Waals surface area contributed by atoms with Crippen molar-refractivity contribution in [2.24, 2.45) is 0 Å². The topological polar surface area (TPSA) is 55.8 Å². The predicted molar refractivity (Wildman–Crippen MR) is 104 cm³/mol. The van der Waals surface area contributed by atoms with Crippen LogP contribution in [0, 0.1) is 0 Å². The summed E-state index contributed by atoms with van der Waals surface area (Å²) in [6, 6.07) is 6.33. The van der Waals surface area contributed by atoms with Crippen molar-refractivity contribution in [3.8, 4) is 0 Å². The molecule has 4 heterocycles. The van der Waals surface area contributed by atoms with E-state index >= 15 is 0 Å². The Hall–Kier alpha value is -2.19. The van der Waals surface area contributed by atoms with Gasteiger partial charge in [0.1, 0.15) is 18.0 Å². The zero-order chi connectivity index (χ0) is 17.9. The van der Waals surface area contributed by atoms with Gasteiger partial charge in [-0.25, -0.2) is 9.97 Å². The average Bonchev–Trinajstić information content (AvgIpc) is 3.18. The van der Waals surface area contributed by atoms with Crippen molar-refractivity contribution in [1.82, 2.24) is 19.8 Å². The van der Waals surface area contributed by atoms with Gasteiger partial charge < -0.3 is 14.7 Å². The molecule has 0 aliphatic carbocycles. The van der Waals surface area contributed by atoms with Crippen LogP contribution in [0.25, 0.3) is 0 Å². The molecule has 2 saturated heterocycles. The van der Waals surface area contributed by atoms with Crippen LogP contribution in [0.4, 0.5) is 11.6 Å². The lowest BCUT2D eigenvalue weighted by Crippen LogP contribution is -2.49. The highest BCUT2D eigenvalue weighted by Crippen LogP contribution is 2.21. The first-order valence-electron chi connectivity index (χ1n) is 9.00. The highest BCUT2D eigenvalue weighted by molar-refractivity contribution is 7.09. The largest absolute Gasteiger partial charge is 0.354 e. The summed E-state index contributed by atoms with van der Waals surface area (Å²) >= 11 is 1.82. The molecule has 0 unspecified atom stereocenters. The Morgan fingerprint density at radius 1 is 1.04 bits per heavy atom. The summed E-state index contributed by atoms with van der Waals surface area (Å²) in [5.74, 6) is 1.94. The first-order valence-corrected chi connectivity index (χ1v) is 9.87. The molecule has 2 aromatic rings. The van der Waals surface area contributed by atoms with Gasteiger partial charge in [0.2, 0.25) is 5.91 Å². The fourth-order valence-electron chi connectivity index (χ4n) is 3.40. The zero-order valence-corrected chi connectivity index (χ0v) is 15.9. The molecule has 8 heteroatoms. The van der Waals surface area contributed by atoms with Gasteiger partial charge in [-0.1, -0.05) is 6.07 Å². The fourth-order valence-corrected chi connectivity index (χ4v) is 4.14. The number of hydrogen-bond donors (Lipinski definition) is 0. The Morgan fingerprint density at radius 3 is 2.46 bits per heavy atom. The zero-order valence-electron chi connectivity index (χ0n) is 15.0. The SMILES string of the molecule is CN1CCN(c2cc(N3CCN(Cc4cccs4)CC3)ncn2)CC1=O. The molecule has 26 heavy (non-hydrogen) atoms. The highest BCUT2D eigenvalue weighted by Gasteiger charge is 2.24. The fraction of sp³-hybridized carbons (Fsp3) is 0.500. The van der Waals surface area contributed by atoms with Crippen LogP contribution < -0.4 is 9.80 Å². The third-order valence-corrected chi connectivity index (χ3v) is 5.94. The number of rotatable bonds is 4. The van der Waals surface area contributed by atoms with Crippen molar-refractivity contribution in [3.05, 3.63) is 34.8 Å². The number of likely N-dealkylation sites (N-methyl/N-ethyl adjacent to an activating group) is 1. The van der Waals surface area contributed by atoms with Crippen LogP contribution >= 0.6 is 11.3 Å². The second-order valence-corrected chi connectivity index (χ2v) is 7.85. The number of thiophene rings is 1. The van der Waals surface area contributed by atoms with Crippen LogP contribution in [0.3, 0.4) is 0 Å². The summed E-state index contributed by atoms with van der Waals surface area (Å²) in [5.41, 5.74) is 0. The monoisotopic (exact) mass is 372 g/mol. The Labute approximate surface area is 157 Å². The third-order valence-electron chi connectivity index (χ3n) is 5.08. The standard InChI is InChI=1S/C18H24N6OS/c1-21-4-7-24(13-18(21)25)17-11-16(19-14-20-17)23-8-5-22(6-9-23)12-15-3-2-10-26-15/h2-3,10-11,14H,4-9,12-13H2,1H3. The summed E-state index contributed by atoms with van der Waals surface area (Å²) in [5, 5.41) is 2.14. The van der Waals surface area contributed by atoms with Crippen LogP contribution in [0.1, 0.15) is 4.88 Å². The number of carbonyl (C=O) groups excluding carboxylic acids is 1. The quantitative estimate of drug-likeness (QED) is 0.802. The van der Waals surface area contributed by atoms with Crippen molar-refractivity contribution < 1.29 is 4.79 Å². The summed E-state index contributed by atoms with van der Waals surface area (Å²) in [6.07, 6.45) is 1.62. The second kappa shape index (κ2) is 7.59. The van der Waals surface area contributed by atoms with Gasteiger partial charge in [-0.05, 0) is 11.4 Å². The maximum Gasteiger partial charge on any atom is 0.241 e. The third kappa shape index (κ3) is 3.81. The summed E-state index contributed by atoms with van der Waals surface area (Å²) < 4.78 is 0. The molecule has 4 rings (SSSR count). The molecular weight excluding hydrogens is 348 g/mol. The molecule has 2 aromatic heterocycles. The van der Waals surface area contributed by atoms with E-state index in [4.69, 9.17) is 0 Å². The molecule has 0 N–H and O–H groups in total. The summed E-state index contributed by atoms with van der Waals surface area (Å²) in [4.78, 5) is 30.9. The summed E-state index contributed by atoms with van der Waals surface area (Å²) in [7, 11) is 1.85. The first-order chi connectivity index (χ1) is 12.7. The van der Waals surface area contributed by atoms with Gasteiger partial charge in [0.25, 0.3) is 0 Å². The molecule has 0 bridgehead atoms. The van der Waals surface area contributed by atoms with Crippen molar-refractivity contribution in [2.75, 3.05) is 62.7 Å². The number of nitrogens with zero attached hydrogens (tertiary/aromatic N) is 6. The molecule has 0 radical (unpaired) electrons.